The molecule has 2 aromatic rings. The average Bonchev–Trinajstić information content (AvgIpc) is 3.34. The van der Waals surface area contributed by atoms with E-state index in [-0.39, 0.29) is 0 Å². The number of fused-ring (bicyclic) bond motifs is 2. The Balaban J connectivity index is 1.86. The summed E-state index contributed by atoms with van der Waals surface area (Å²) >= 11 is -2.08. The first kappa shape index (κ1) is 23.2. The Kier molecular flexibility index (Phi) is 7.70. The molecule has 31 heavy (non-hydrogen) atoms. The van der Waals surface area contributed by atoms with Crippen molar-refractivity contribution < 1.29 is 20.1 Å². The van der Waals surface area contributed by atoms with E-state index in [9.17, 15) is 0 Å². The Bertz CT molecular complexity index is 979. The van der Waals surface area contributed by atoms with E-state index in [1.54, 1.807) is 33.4 Å². The van der Waals surface area contributed by atoms with Gasteiger partial charge in [0.25, 0.3) is 0 Å². The Morgan fingerprint density at radius 1 is 0.742 bits per heavy atom. The van der Waals surface area contributed by atoms with Crippen LogP contribution in [0.3, 0.4) is 0 Å². The van der Waals surface area contributed by atoms with Crippen molar-refractivity contribution in [1.29, 1.82) is 0 Å². The molecule has 0 saturated heterocycles. The molecular formula is C29H38HfSi. The van der Waals surface area contributed by atoms with Gasteiger partial charge in [0.1, 0.15) is 0 Å². The zero-order chi connectivity index (χ0) is 22.0. The molecule has 4 rings (SSSR count). The summed E-state index contributed by atoms with van der Waals surface area (Å²) in [5.74, 6) is 0. The second kappa shape index (κ2) is 10.3. The zero-order valence-electron chi connectivity index (χ0n) is 20.1. The number of benzene rings is 2. The molecule has 0 nitrogen and oxygen atoms in total. The first-order valence-corrected chi connectivity index (χ1v) is 24.2. The van der Waals surface area contributed by atoms with Crippen LogP contribution in [-0.4, -0.2) is 6.22 Å². The van der Waals surface area contributed by atoms with Crippen LogP contribution >= 0.6 is 0 Å². The van der Waals surface area contributed by atoms with Crippen LogP contribution in [0.4, 0.5) is 0 Å². The molecule has 2 aromatic carbocycles. The SMILES string of the molecule is CCCCC[SiH]=[Hf]([CH]1C(CC)=Cc2c(C)cccc21)[CH]1C(CC)=Cc2c(C)cccc21. The summed E-state index contributed by atoms with van der Waals surface area (Å²) in [7, 11) is 0. The molecule has 0 spiro atoms. The fraction of sp³-hybridized carbons (Fsp3) is 0.448. The predicted molar refractivity (Wildman–Crippen MR) is 136 cm³/mol. The molecule has 0 fully saturated rings. The van der Waals surface area contributed by atoms with Crippen molar-refractivity contribution in [3.63, 3.8) is 0 Å². The number of unbranched alkanes of at least 4 members (excludes halogenated alkanes) is 2. The molecule has 162 valence electrons. The minimum absolute atomic E-state index is 0.610. The maximum absolute atomic E-state index is 2.60. The van der Waals surface area contributed by atoms with Gasteiger partial charge in [-0.1, -0.05) is 0 Å². The number of hydrogen-bond donors (Lipinski definition) is 0. The summed E-state index contributed by atoms with van der Waals surface area (Å²) in [5, 5.41) is 0. The van der Waals surface area contributed by atoms with Crippen molar-refractivity contribution in [3.05, 3.63) is 80.9 Å². The normalized spacial score (nSPS) is 19.0. The third kappa shape index (κ3) is 4.44. The topological polar surface area (TPSA) is 0 Å². The van der Waals surface area contributed by atoms with E-state index in [0.717, 1.165) is 7.35 Å². The fourth-order valence-electron chi connectivity index (χ4n) is 5.71. The summed E-state index contributed by atoms with van der Waals surface area (Å²) in [6.07, 6.45) is 12.5. The Morgan fingerprint density at radius 3 is 1.71 bits per heavy atom. The van der Waals surface area contributed by atoms with Gasteiger partial charge in [-0.25, -0.2) is 0 Å². The van der Waals surface area contributed by atoms with E-state index in [4.69, 9.17) is 0 Å². The van der Waals surface area contributed by atoms with Crippen molar-refractivity contribution >= 4 is 18.4 Å². The molecule has 0 bridgehead atoms. The fourth-order valence-corrected chi connectivity index (χ4v) is 35.1. The summed E-state index contributed by atoms with van der Waals surface area (Å²) in [6.45, 7) is 11.8. The van der Waals surface area contributed by atoms with Gasteiger partial charge < -0.3 is 0 Å². The van der Waals surface area contributed by atoms with Crippen molar-refractivity contribution in [1.82, 2.24) is 0 Å². The second-order valence-corrected chi connectivity index (χ2v) is 28.0. The van der Waals surface area contributed by atoms with Crippen molar-refractivity contribution in [2.75, 3.05) is 0 Å². The molecule has 2 unspecified atom stereocenters. The molecule has 0 radical (unpaired) electrons. The van der Waals surface area contributed by atoms with E-state index in [1.807, 2.05) is 0 Å². The van der Waals surface area contributed by atoms with Gasteiger partial charge in [-0.2, -0.15) is 0 Å². The standard InChI is InChI=1S/2C12H13.C5H12Si.Hf/c2*1-3-10-7-11-6-4-5-9(2)12(11)8-10;1-2-3-4-5-6;/h2*4-8H,3H2,1-2H3;6H,2-5H2,1H3;. The predicted octanol–water partition coefficient (Wildman–Crippen LogP) is 8.28. The van der Waals surface area contributed by atoms with Crippen molar-refractivity contribution in [3.8, 4) is 0 Å². The van der Waals surface area contributed by atoms with Crippen LogP contribution in [0.2, 0.25) is 6.04 Å². The monoisotopic (exact) mass is 594 g/mol. The van der Waals surface area contributed by atoms with Crippen LogP contribution in [-0.2, 0) is 20.1 Å². The average molecular weight is 593 g/mol. The summed E-state index contributed by atoms with van der Waals surface area (Å²) in [5.41, 5.74) is 13.1. The van der Waals surface area contributed by atoms with Crippen LogP contribution in [0.5, 0.6) is 0 Å². The van der Waals surface area contributed by atoms with Crippen LogP contribution in [0.25, 0.3) is 12.2 Å². The molecule has 0 amide bonds. The molecule has 2 aliphatic carbocycles. The molecule has 0 aromatic heterocycles. The van der Waals surface area contributed by atoms with E-state index in [0.29, 0.717) is 6.22 Å². The first-order valence-electron chi connectivity index (χ1n) is 12.4. The van der Waals surface area contributed by atoms with Gasteiger partial charge in [-0.3, -0.25) is 0 Å². The number of aryl methyl sites for hydroxylation is 2. The Hall–Kier alpha value is -0.993. The van der Waals surface area contributed by atoms with Gasteiger partial charge in [0.05, 0.1) is 0 Å². The number of allylic oxidation sites excluding steroid dienone is 2. The van der Waals surface area contributed by atoms with Crippen LogP contribution in [0.1, 0.15) is 93.6 Å². The molecule has 0 aliphatic heterocycles. The van der Waals surface area contributed by atoms with Crippen molar-refractivity contribution in [2.24, 2.45) is 0 Å². The summed E-state index contributed by atoms with van der Waals surface area (Å²) in [6, 6.07) is 15.8. The number of hydrogen-bond acceptors (Lipinski definition) is 0. The Labute approximate surface area is 198 Å². The third-order valence-corrected chi connectivity index (χ3v) is 31.9. The van der Waals surface area contributed by atoms with Gasteiger partial charge in [0, 0.05) is 0 Å². The molecule has 2 aliphatic rings. The van der Waals surface area contributed by atoms with Gasteiger partial charge in [0.15, 0.2) is 0 Å². The Morgan fingerprint density at radius 2 is 1.26 bits per heavy atom. The van der Waals surface area contributed by atoms with Gasteiger partial charge in [-0.15, -0.1) is 0 Å². The third-order valence-electron chi connectivity index (χ3n) is 7.41. The molecule has 2 heteroatoms. The molecular weight excluding hydrogens is 555 g/mol. The zero-order valence-corrected chi connectivity index (χ0v) is 24.8. The van der Waals surface area contributed by atoms with Crippen LogP contribution in [0.15, 0.2) is 47.5 Å². The van der Waals surface area contributed by atoms with Crippen LogP contribution in [0, 0.1) is 13.8 Å². The van der Waals surface area contributed by atoms with Gasteiger partial charge >= 0.3 is 199 Å². The van der Waals surface area contributed by atoms with E-state index >= 15 is 0 Å². The van der Waals surface area contributed by atoms with E-state index < -0.39 is 20.1 Å². The number of rotatable bonds is 8. The summed E-state index contributed by atoms with van der Waals surface area (Å²) in [4.78, 5) is 0. The first-order chi connectivity index (χ1) is 15.1. The molecule has 0 saturated carbocycles. The molecule has 0 heterocycles. The van der Waals surface area contributed by atoms with Gasteiger partial charge in [-0.05, 0) is 0 Å². The van der Waals surface area contributed by atoms with E-state index in [2.05, 4.69) is 83.2 Å². The van der Waals surface area contributed by atoms with Crippen molar-refractivity contribution in [2.45, 2.75) is 80.1 Å². The quantitative estimate of drug-likeness (QED) is 0.214. The molecule has 2 atom stereocenters. The van der Waals surface area contributed by atoms with Gasteiger partial charge in [0.2, 0.25) is 0 Å². The van der Waals surface area contributed by atoms with E-state index in [1.165, 1.54) is 49.3 Å². The second-order valence-electron chi connectivity index (χ2n) is 9.37. The molecule has 0 N–H and O–H groups in total. The minimum atomic E-state index is -2.08. The maximum atomic E-state index is 2.60. The van der Waals surface area contributed by atoms with Crippen LogP contribution < -0.4 is 0 Å². The summed E-state index contributed by atoms with van der Waals surface area (Å²) < 4.78 is 1.63.